The zero-order valence-corrected chi connectivity index (χ0v) is 20.1. The third-order valence-corrected chi connectivity index (χ3v) is 7.45. The number of aromatic nitrogens is 2. The number of carbonyl (C=O) groups excluding carboxylic acids is 2. The number of imide groups is 1. The van der Waals surface area contributed by atoms with Crippen LogP contribution in [0.3, 0.4) is 0 Å². The van der Waals surface area contributed by atoms with Crippen LogP contribution in [0.4, 0.5) is 0 Å². The Labute approximate surface area is 204 Å². The largest absolute Gasteiger partial charge is 0.380 e. The van der Waals surface area contributed by atoms with Crippen molar-refractivity contribution in [1.29, 1.82) is 0 Å². The summed E-state index contributed by atoms with van der Waals surface area (Å²) in [6.45, 7) is 2.78. The third-order valence-electron chi connectivity index (χ3n) is 7.45. The van der Waals surface area contributed by atoms with Crippen LogP contribution in [0.15, 0.2) is 60.9 Å². The second-order valence-electron chi connectivity index (χ2n) is 9.93. The first kappa shape index (κ1) is 22.1. The second-order valence-corrected chi connectivity index (χ2v) is 9.93. The van der Waals surface area contributed by atoms with Gasteiger partial charge in [0.25, 0.3) is 0 Å². The molecule has 2 amide bonds. The van der Waals surface area contributed by atoms with Gasteiger partial charge in [0.05, 0.1) is 18.4 Å². The molecular formula is C28H30N4O3. The van der Waals surface area contributed by atoms with Crippen LogP contribution in [-0.4, -0.2) is 59.7 Å². The van der Waals surface area contributed by atoms with Crippen molar-refractivity contribution in [3.05, 3.63) is 72.1 Å². The average molecular weight is 471 g/mol. The van der Waals surface area contributed by atoms with Gasteiger partial charge >= 0.3 is 0 Å². The van der Waals surface area contributed by atoms with E-state index in [1.807, 2.05) is 36.5 Å². The van der Waals surface area contributed by atoms with Crippen molar-refractivity contribution in [3.63, 3.8) is 0 Å². The fourth-order valence-electron chi connectivity index (χ4n) is 5.94. The van der Waals surface area contributed by atoms with Gasteiger partial charge in [-0.1, -0.05) is 36.4 Å². The minimum absolute atomic E-state index is 0.179. The van der Waals surface area contributed by atoms with Crippen molar-refractivity contribution in [2.24, 2.45) is 0 Å². The summed E-state index contributed by atoms with van der Waals surface area (Å²) in [5, 5.41) is 4.69. The Hall–Kier alpha value is -3.42. The first-order chi connectivity index (χ1) is 17.0. The molecule has 4 aromatic rings. The van der Waals surface area contributed by atoms with Crippen LogP contribution in [-0.2, 0) is 20.9 Å². The van der Waals surface area contributed by atoms with Gasteiger partial charge in [-0.2, -0.15) is 0 Å². The fourth-order valence-corrected chi connectivity index (χ4v) is 5.94. The number of para-hydroxylation sites is 2. The molecule has 0 aliphatic carbocycles. The predicted molar refractivity (Wildman–Crippen MR) is 136 cm³/mol. The topological polar surface area (TPSA) is 68.5 Å². The summed E-state index contributed by atoms with van der Waals surface area (Å²) in [6, 6.07) is 16.5. The average Bonchev–Trinajstić information content (AvgIpc) is 3.48. The van der Waals surface area contributed by atoms with E-state index in [-0.39, 0.29) is 17.9 Å². The maximum absolute atomic E-state index is 13.3. The highest BCUT2D eigenvalue weighted by atomic mass is 16.5. The number of amides is 2. The Balaban J connectivity index is 1.59. The van der Waals surface area contributed by atoms with Crippen LogP contribution in [0.25, 0.3) is 21.8 Å². The van der Waals surface area contributed by atoms with Gasteiger partial charge in [0.15, 0.2) is 0 Å². The standard InChI is InChI=1S/C28H30N4O3/c1-30(2)15-18-11-13-35-14-12-31-16-21(19-7-3-5-9-23(19)31)25-26(28(34)29-27(25)33)22-17-32(18)24-10-6-4-8-20(22)24/h3-10,16-18,25-26H,11-15H2,1-2H3,(H,29,33,34)/t18-,25-,26-/m0/s1. The molecule has 4 bridgehead atoms. The lowest BCUT2D eigenvalue weighted by atomic mass is 9.83. The molecule has 0 unspecified atom stereocenters. The molecule has 2 aromatic carbocycles. The van der Waals surface area contributed by atoms with Crippen molar-refractivity contribution in [1.82, 2.24) is 19.4 Å². The second kappa shape index (κ2) is 8.66. The predicted octanol–water partition coefficient (Wildman–Crippen LogP) is 3.64. The van der Waals surface area contributed by atoms with Crippen molar-refractivity contribution < 1.29 is 14.3 Å². The summed E-state index contributed by atoms with van der Waals surface area (Å²) in [7, 11) is 4.15. The number of rotatable bonds is 2. The molecule has 6 rings (SSSR count). The van der Waals surface area contributed by atoms with E-state index in [4.69, 9.17) is 4.74 Å². The zero-order valence-electron chi connectivity index (χ0n) is 20.1. The van der Waals surface area contributed by atoms with E-state index in [0.717, 1.165) is 45.9 Å². The maximum atomic E-state index is 13.3. The maximum Gasteiger partial charge on any atom is 0.235 e. The number of fused-ring (bicyclic) bond motifs is 13. The Morgan fingerprint density at radius 3 is 2.23 bits per heavy atom. The molecule has 180 valence electrons. The van der Waals surface area contributed by atoms with E-state index in [1.165, 1.54) is 0 Å². The number of benzene rings is 2. The van der Waals surface area contributed by atoms with Gasteiger partial charge in [0.2, 0.25) is 11.8 Å². The van der Waals surface area contributed by atoms with E-state index >= 15 is 0 Å². The Bertz CT molecular complexity index is 1430. The molecule has 0 saturated carbocycles. The number of hydrogen-bond donors (Lipinski definition) is 1. The SMILES string of the molecule is CN(C)C[C@@H]1CCOCCn2cc(c3ccccc32)[C@@H]2C(=O)NC(=O)[C@H]2c2cn1c1ccccc21. The summed E-state index contributed by atoms with van der Waals surface area (Å²) in [5.41, 5.74) is 3.94. The first-order valence-corrected chi connectivity index (χ1v) is 12.3. The molecule has 2 aliphatic rings. The lowest BCUT2D eigenvalue weighted by Gasteiger charge is -2.24. The van der Waals surface area contributed by atoms with Crippen LogP contribution < -0.4 is 5.32 Å². The number of hydrogen-bond acceptors (Lipinski definition) is 4. The van der Waals surface area contributed by atoms with Gasteiger partial charge in [-0.25, -0.2) is 0 Å². The molecule has 2 aliphatic heterocycles. The van der Waals surface area contributed by atoms with E-state index in [2.05, 4.69) is 57.8 Å². The van der Waals surface area contributed by atoms with E-state index < -0.39 is 11.8 Å². The van der Waals surface area contributed by atoms with E-state index in [9.17, 15) is 9.59 Å². The quantitative estimate of drug-likeness (QED) is 0.454. The van der Waals surface area contributed by atoms with Crippen LogP contribution in [0.1, 0.15) is 35.4 Å². The van der Waals surface area contributed by atoms with Gasteiger partial charge < -0.3 is 18.8 Å². The monoisotopic (exact) mass is 470 g/mol. The van der Waals surface area contributed by atoms with Gasteiger partial charge in [-0.3, -0.25) is 14.9 Å². The highest BCUT2D eigenvalue weighted by Gasteiger charge is 2.46. The van der Waals surface area contributed by atoms with Crippen LogP contribution in [0.5, 0.6) is 0 Å². The Kier molecular flexibility index (Phi) is 5.46. The Morgan fingerprint density at radius 2 is 1.51 bits per heavy atom. The molecule has 0 radical (unpaired) electrons. The van der Waals surface area contributed by atoms with Gasteiger partial charge in [0, 0.05) is 59.9 Å². The highest BCUT2D eigenvalue weighted by Crippen LogP contribution is 2.44. The molecule has 2 aromatic heterocycles. The third kappa shape index (κ3) is 3.66. The number of carbonyl (C=O) groups is 2. The molecule has 1 saturated heterocycles. The summed E-state index contributed by atoms with van der Waals surface area (Å²) in [6.07, 6.45) is 5.01. The van der Waals surface area contributed by atoms with Crippen LogP contribution in [0.2, 0.25) is 0 Å². The summed E-state index contributed by atoms with van der Waals surface area (Å²) < 4.78 is 10.5. The lowest BCUT2D eigenvalue weighted by molar-refractivity contribution is -0.125. The molecule has 1 N–H and O–H groups in total. The summed E-state index contributed by atoms with van der Waals surface area (Å²) in [5.74, 6) is -1.61. The zero-order chi connectivity index (χ0) is 24.1. The minimum Gasteiger partial charge on any atom is -0.380 e. The first-order valence-electron chi connectivity index (χ1n) is 12.3. The van der Waals surface area contributed by atoms with Crippen LogP contribution in [0, 0.1) is 0 Å². The molecular weight excluding hydrogens is 440 g/mol. The fraction of sp³-hybridized carbons (Fsp3) is 0.357. The van der Waals surface area contributed by atoms with Crippen molar-refractivity contribution in [2.45, 2.75) is 30.8 Å². The minimum atomic E-state index is -0.580. The molecule has 1 fully saturated rings. The molecule has 0 spiro atoms. The van der Waals surface area contributed by atoms with E-state index in [1.54, 1.807) is 0 Å². The summed E-state index contributed by atoms with van der Waals surface area (Å²) >= 11 is 0. The van der Waals surface area contributed by atoms with Crippen molar-refractivity contribution >= 4 is 33.6 Å². The van der Waals surface area contributed by atoms with Crippen LogP contribution >= 0.6 is 0 Å². The molecule has 35 heavy (non-hydrogen) atoms. The van der Waals surface area contributed by atoms with Gasteiger partial charge in [0.1, 0.15) is 0 Å². The van der Waals surface area contributed by atoms with E-state index in [0.29, 0.717) is 19.8 Å². The number of nitrogens with one attached hydrogen (secondary N) is 1. The molecule has 7 nitrogen and oxygen atoms in total. The molecule has 4 heterocycles. The summed E-state index contributed by atoms with van der Waals surface area (Å²) in [4.78, 5) is 28.8. The van der Waals surface area contributed by atoms with Gasteiger partial charge in [-0.15, -0.1) is 0 Å². The smallest absolute Gasteiger partial charge is 0.235 e. The normalized spacial score (nSPS) is 23.0. The molecule has 3 atom stereocenters. The number of nitrogens with zero attached hydrogens (tertiary/aromatic N) is 3. The van der Waals surface area contributed by atoms with Gasteiger partial charge in [-0.05, 0) is 43.8 Å². The number of likely N-dealkylation sites (N-methyl/N-ethyl adjacent to an activating group) is 1. The van der Waals surface area contributed by atoms with Crippen molar-refractivity contribution in [3.8, 4) is 0 Å². The lowest BCUT2D eigenvalue weighted by Crippen LogP contribution is -2.25. The van der Waals surface area contributed by atoms with Crippen molar-refractivity contribution in [2.75, 3.05) is 33.9 Å². The highest BCUT2D eigenvalue weighted by molar-refractivity contribution is 6.13. The Morgan fingerprint density at radius 1 is 0.886 bits per heavy atom. The number of ether oxygens (including phenoxy) is 1. The molecule has 7 heteroatoms.